The first-order valence-corrected chi connectivity index (χ1v) is 6.19. The summed E-state index contributed by atoms with van der Waals surface area (Å²) in [5.41, 5.74) is 5.40. The lowest BCUT2D eigenvalue weighted by Gasteiger charge is -2.27. The lowest BCUT2D eigenvalue weighted by atomic mass is 9.96. The maximum absolute atomic E-state index is 11.9. The van der Waals surface area contributed by atoms with Crippen molar-refractivity contribution in [3.05, 3.63) is 0 Å². The Kier molecular flexibility index (Phi) is 5.59. The molecule has 0 aromatic heterocycles. The van der Waals surface area contributed by atoms with Crippen molar-refractivity contribution in [1.82, 2.24) is 10.2 Å². The van der Waals surface area contributed by atoms with Crippen LogP contribution in [0.15, 0.2) is 5.16 Å². The maximum atomic E-state index is 11.9. The highest BCUT2D eigenvalue weighted by Gasteiger charge is 2.19. The van der Waals surface area contributed by atoms with Crippen molar-refractivity contribution < 1.29 is 10.0 Å². The summed E-state index contributed by atoms with van der Waals surface area (Å²) >= 11 is 0. The number of nitrogens with zero attached hydrogens (tertiary/aromatic N) is 2. The topological polar surface area (TPSA) is 90.9 Å². The highest BCUT2D eigenvalue weighted by atomic mass is 16.4. The Balaban J connectivity index is 2.42. The zero-order valence-corrected chi connectivity index (χ0v) is 10.4. The highest BCUT2D eigenvalue weighted by molar-refractivity contribution is 5.86. The second-order valence-electron chi connectivity index (χ2n) is 4.39. The zero-order valence-electron chi connectivity index (χ0n) is 10.4. The van der Waals surface area contributed by atoms with E-state index < -0.39 is 0 Å². The van der Waals surface area contributed by atoms with Crippen LogP contribution >= 0.6 is 0 Å². The van der Waals surface area contributed by atoms with E-state index in [0.717, 1.165) is 12.8 Å². The molecular weight excluding hydrogens is 220 g/mol. The normalized spacial score (nSPS) is 17.8. The Morgan fingerprint density at radius 2 is 2.12 bits per heavy atom. The Labute approximate surface area is 102 Å². The molecule has 0 heterocycles. The number of carbonyl (C=O) groups is 1. The molecule has 6 nitrogen and oxygen atoms in total. The summed E-state index contributed by atoms with van der Waals surface area (Å²) in [5, 5.41) is 14.4. The van der Waals surface area contributed by atoms with Gasteiger partial charge in [0, 0.05) is 12.6 Å². The van der Waals surface area contributed by atoms with Crippen LogP contribution in [-0.4, -0.2) is 41.1 Å². The molecule has 2 amide bonds. The number of hydrogen-bond donors (Lipinski definition) is 3. The summed E-state index contributed by atoms with van der Waals surface area (Å²) in [7, 11) is 0. The van der Waals surface area contributed by atoms with Gasteiger partial charge in [0.25, 0.3) is 0 Å². The van der Waals surface area contributed by atoms with Crippen molar-refractivity contribution in [3.8, 4) is 0 Å². The van der Waals surface area contributed by atoms with Crippen molar-refractivity contribution in [2.24, 2.45) is 10.9 Å². The number of urea groups is 1. The monoisotopic (exact) mass is 242 g/mol. The molecule has 1 fully saturated rings. The van der Waals surface area contributed by atoms with Gasteiger partial charge in [0.1, 0.15) is 0 Å². The number of rotatable bonds is 4. The fraction of sp³-hybridized carbons (Fsp3) is 0.818. The van der Waals surface area contributed by atoms with E-state index in [1.54, 1.807) is 0 Å². The molecule has 0 radical (unpaired) electrons. The predicted octanol–water partition coefficient (Wildman–Crippen LogP) is 1.10. The van der Waals surface area contributed by atoms with Crippen molar-refractivity contribution in [2.45, 2.75) is 45.1 Å². The van der Waals surface area contributed by atoms with E-state index in [1.807, 2.05) is 6.92 Å². The Bertz CT molecular complexity index is 275. The van der Waals surface area contributed by atoms with E-state index >= 15 is 0 Å². The maximum Gasteiger partial charge on any atom is 0.318 e. The van der Waals surface area contributed by atoms with Crippen molar-refractivity contribution in [1.29, 1.82) is 0 Å². The molecule has 98 valence electrons. The number of amides is 2. The largest absolute Gasteiger partial charge is 0.409 e. The molecule has 17 heavy (non-hydrogen) atoms. The average molecular weight is 242 g/mol. The van der Waals surface area contributed by atoms with E-state index in [0.29, 0.717) is 6.54 Å². The quantitative estimate of drug-likeness (QED) is 0.298. The summed E-state index contributed by atoms with van der Waals surface area (Å²) in [6.07, 6.45) is 5.71. The minimum atomic E-state index is -0.133. The van der Waals surface area contributed by atoms with Crippen LogP contribution in [-0.2, 0) is 0 Å². The minimum Gasteiger partial charge on any atom is -0.409 e. The first-order chi connectivity index (χ1) is 8.17. The summed E-state index contributed by atoms with van der Waals surface area (Å²) < 4.78 is 0. The van der Waals surface area contributed by atoms with Gasteiger partial charge in [0.05, 0.1) is 6.54 Å². The minimum absolute atomic E-state index is 0.0469. The van der Waals surface area contributed by atoms with E-state index in [1.165, 1.54) is 24.2 Å². The third-order valence-electron chi connectivity index (χ3n) is 3.08. The molecule has 0 saturated heterocycles. The van der Waals surface area contributed by atoms with E-state index in [9.17, 15) is 4.79 Å². The van der Waals surface area contributed by atoms with Gasteiger partial charge >= 0.3 is 6.03 Å². The van der Waals surface area contributed by atoms with E-state index in [2.05, 4.69) is 10.5 Å². The van der Waals surface area contributed by atoms with Gasteiger partial charge < -0.3 is 21.2 Å². The molecule has 6 heteroatoms. The van der Waals surface area contributed by atoms with Gasteiger partial charge in [-0.25, -0.2) is 4.79 Å². The fourth-order valence-electron chi connectivity index (χ4n) is 2.07. The zero-order chi connectivity index (χ0) is 12.7. The predicted molar refractivity (Wildman–Crippen MR) is 66.1 cm³/mol. The average Bonchev–Trinajstić information content (AvgIpc) is 2.36. The molecule has 1 aliphatic carbocycles. The van der Waals surface area contributed by atoms with E-state index in [-0.39, 0.29) is 24.5 Å². The Morgan fingerprint density at radius 1 is 1.47 bits per heavy atom. The molecule has 0 aromatic carbocycles. The molecule has 0 spiro atoms. The van der Waals surface area contributed by atoms with Gasteiger partial charge in [-0.05, 0) is 19.8 Å². The highest BCUT2D eigenvalue weighted by Crippen LogP contribution is 2.17. The third kappa shape index (κ3) is 4.50. The molecule has 0 aliphatic heterocycles. The molecule has 0 bridgehead atoms. The first kappa shape index (κ1) is 13.6. The third-order valence-corrected chi connectivity index (χ3v) is 3.08. The van der Waals surface area contributed by atoms with Crippen LogP contribution in [0, 0.1) is 0 Å². The SMILES string of the molecule is CCN(CC(N)=NO)C(=O)NC1CCCCC1. The van der Waals surface area contributed by atoms with Gasteiger partial charge in [0.15, 0.2) is 5.84 Å². The standard InChI is InChI=1S/C11H22N4O2/c1-2-15(8-10(12)14-17)11(16)13-9-6-4-3-5-7-9/h9,17H,2-8H2,1H3,(H2,12,14)(H,13,16). The van der Waals surface area contributed by atoms with Crippen LogP contribution in [0.4, 0.5) is 4.79 Å². The van der Waals surface area contributed by atoms with Gasteiger partial charge in [-0.15, -0.1) is 0 Å². The number of nitrogens with one attached hydrogen (secondary N) is 1. The smallest absolute Gasteiger partial charge is 0.318 e. The molecule has 1 rings (SSSR count). The first-order valence-electron chi connectivity index (χ1n) is 6.19. The summed E-state index contributed by atoms with van der Waals surface area (Å²) in [6, 6.07) is 0.142. The fourth-order valence-corrected chi connectivity index (χ4v) is 2.07. The Morgan fingerprint density at radius 3 is 2.65 bits per heavy atom. The van der Waals surface area contributed by atoms with Crippen LogP contribution in [0.2, 0.25) is 0 Å². The number of hydrogen-bond acceptors (Lipinski definition) is 3. The van der Waals surface area contributed by atoms with Gasteiger partial charge in [-0.1, -0.05) is 24.4 Å². The Hall–Kier alpha value is -1.46. The van der Waals surface area contributed by atoms with Gasteiger partial charge in [0.2, 0.25) is 0 Å². The molecule has 0 unspecified atom stereocenters. The van der Waals surface area contributed by atoms with Crippen LogP contribution in [0.5, 0.6) is 0 Å². The summed E-state index contributed by atoms with van der Waals surface area (Å²) in [6.45, 7) is 2.56. The molecule has 0 atom stereocenters. The molecule has 1 saturated carbocycles. The van der Waals surface area contributed by atoms with E-state index in [4.69, 9.17) is 10.9 Å². The van der Waals surface area contributed by atoms with Crippen molar-refractivity contribution in [2.75, 3.05) is 13.1 Å². The number of likely N-dealkylation sites (N-methyl/N-ethyl adjacent to an activating group) is 1. The molecular formula is C11H22N4O2. The van der Waals surface area contributed by atoms with Gasteiger partial charge in [-0.3, -0.25) is 0 Å². The summed E-state index contributed by atoms with van der Waals surface area (Å²) in [4.78, 5) is 13.4. The van der Waals surface area contributed by atoms with Crippen LogP contribution in [0.3, 0.4) is 0 Å². The number of nitrogens with two attached hydrogens (primary N) is 1. The molecule has 0 aromatic rings. The van der Waals surface area contributed by atoms with Crippen molar-refractivity contribution in [3.63, 3.8) is 0 Å². The number of carbonyl (C=O) groups excluding carboxylic acids is 1. The van der Waals surface area contributed by atoms with Gasteiger partial charge in [-0.2, -0.15) is 0 Å². The lowest BCUT2D eigenvalue weighted by molar-refractivity contribution is 0.198. The lowest BCUT2D eigenvalue weighted by Crippen LogP contribution is -2.48. The molecule has 4 N–H and O–H groups in total. The van der Waals surface area contributed by atoms with Crippen LogP contribution in [0.1, 0.15) is 39.0 Å². The second kappa shape index (κ2) is 6.98. The molecule has 1 aliphatic rings. The summed E-state index contributed by atoms with van der Waals surface area (Å²) in [5.74, 6) is 0.0469. The van der Waals surface area contributed by atoms with Crippen LogP contribution < -0.4 is 11.1 Å². The number of amidine groups is 1. The van der Waals surface area contributed by atoms with Crippen molar-refractivity contribution >= 4 is 11.9 Å². The second-order valence-corrected chi connectivity index (χ2v) is 4.39. The van der Waals surface area contributed by atoms with Crippen LogP contribution in [0.25, 0.3) is 0 Å². The number of oxime groups is 1.